The minimum absolute atomic E-state index is 0.0750. The molecule has 28 heavy (non-hydrogen) atoms. The third-order valence-electron chi connectivity index (χ3n) is 3.67. The average molecular weight is 399 g/mol. The van der Waals surface area contributed by atoms with Crippen molar-refractivity contribution in [3.05, 3.63) is 77.3 Å². The number of nitrogens with one attached hydrogen (secondary N) is 3. The lowest BCUT2D eigenvalue weighted by Gasteiger charge is -2.10. The first-order chi connectivity index (χ1) is 13.4. The van der Waals surface area contributed by atoms with Gasteiger partial charge in [-0.2, -0.15) is 0 Å². The molecule has 6 nitrogen and oxygen atoms in total. The summed E-state index contributed by atoms with van der Waals surface area (Å²) in [5.41, 5.74) is 2.75. The van der Waals surface area contributed by atoms with Crippen LogP contribution in [0.25, 0.3) is 0 Å². The Morgan fingerprint density at radius 2 is 1.57 bits per heavy atom. The highest BCUT2D eigenvalue weighted by molar-refractivity contribution is 6.31. The molecule has 0 bridgehead atoms. The third kappa shape index (κ3) is 5.05. The van der Waals surface area contributed by atoms with Crippen LogP contribution in [0.15, 0.2) is 60.9 Å². The van der Waals surface area contributed by atoms with Gasteiger partial charge in [-0.1, -0.05) is 11.6 Å². The second-order valence-corrected chi connectivity index (χ2v) is 6.34. The molecule has 3 N–H and O–H groups in total. The summed E-state index contributed by atoms with van der Waals surface area (Å²) in [6.45, 7) is 1.44. The minimum Gasteiger partial charge on any atom is -0.354 e. The van der Waals surface area contributed by atoms with Crippen LogP contribution in [0, 0.1) is 5.82 Å². The molecule has 2 aromatic carbocycles. The van der Waals surface area contributed by atoms with E-state index in [4.69, 9.17) is 11.6 Å². The summed E-state index contributed by atoms with van der Waals surface area (Å²) in [4.78, 5) is 27.5. The number of hydrogen-bond acceptors (Lipinski definition) is 4. The van der Waals surface area contributed by atoms with E-state index in [0.717, 1.165) is 5.69 Å². The van der Waals surface area contributed by atoms with Gasteiger partial charge in [-0.25, -0.2) is 4.39 Å². The molecule has 0 fully saturated rings. The lowest BCUT2D eigenvalue weighted by molar-refractivity contribution is -0.114. The van der Waals surface area contributed by atoms with Crippen molar-refractivity contribution in [2.24, 2.45) is 0 Å². The van der Waals surface area contributed by atoms with Gasteiger partial charge in [0.05, 0.1) is 22.5 Å². The van der Waals surface area contributed by atoms with E-state index < -0.39 is 11.7 Å². The summed E-state index contributed by atoms with van der Waals surface area (Å²) in [7, 11) is 0. The van der Waals surface area contributed by atoms with Gasteiger partial charge < -0.3 is 16.0 Å². The van der Waals surface area contributed by atoms with Gasteiger partial charge in [0.1, 0.15) is 5.82 Å². The van der Waals surface area contributed by atoms with Crippen LogP contribution in [0.4, 0.5) is 27.1 Å². The molecular weight excluding hydrogens is 383 g/mol. The smallest absolute Gasteiger partial charge is 0.257 e. The van der Waals surface area contributed by atoms with Crippen molar-refractivity contribution in [3.63, 3.8) is 0 Å². The molecule has 2 amide bonds. The maximum atomic E-state index is 13.2. The molecule has 0 aliphatic carbocycles. The van der Waals surface area contributed by atoms with Crippen molar-refractivity contribution in [3.8, 4) is 0 Å². The summed E-state index contributed by atoms with van der Waals surface area (Å²) >= 11 is 5.73. The van der Waals surface area contributed by atoms with Gasteiger partial charge in [-0.3, -0.25) is 14.6 Å². The Morgan fingerprint density at radius 3 is 2.25 bits per heavy atom. The van der Waals surface area contributed by atoms with E-state index in [2.05, 4.69) is 20.9 Å². The molecule has 0 atom stereocenters. The average Bonchev–Trinajstić information content (AvgIpc) is 2.66. The fraction of sp³-hybridized carbons (Fsp3) is 0.0500. The Kier molecular flexibility index (Phi) is 5.86. The molecule has 8 heteroatoms. The van der Waals surface area contributed by atoms with Gasteiger partial charge >= 0.3 is 0 Å². The predicted molar refractivity (Wildman–Crippen MR) is 108 cm³/mol. The zero-order chi connectivity index (χ0) is 20.1. The molecule has 0 saturated carbocycles. The van der Waals surface area contributed by atoms with Crippen LogP contribution in [0.1, 0.15) is 17.3 Å². The Morgan fingerprint density at radius 1 is 0.893 bits per heavy atom. The summed E-state index contributed by atoms with van der Waals surface area (Å²) in [5.74, 6) is -1.11. The number of amides is 2. The van der Waals surface area contributed by atoms with Crippen molar-refractivity contribution < 1.29 is 14.0 Å². The fourth-order valence-electron chi connectivity index (χ4n) is 2.42. The van der Waals surface area contributed by atoms with Crippen molar-refractivity contribution in [1.29, 1.82) is 0 Å². The number of nitrogens with zero attached hydrogens (tertiary/aromatic N) is 1. The van der Waals surface area contributed by atoms with Crippen LogP contribution in [0.3, 0.4) is 0 Å². The van der Waals surface area contributed by atoms with Crippen molar-refractivity contribution in [1.82, 2.24) is 4.98 Å². The molecule has 142 valence electrons. The molecule has 0 radical (unpaired) electrons. The third-order valence-corrected chi connectivity index (χ3v) is 3.96. The molecule has 0 aliphatic heterocycles. The molecule has 3 aromatic rings. The van der Waals surface area contributed by atoms with Crippen LogP contribution in [-0.2, 0) is 4.79 Å². The molecule has 0 unspecified atom stereocenters. The number of carbonyl (C=O) groups excluding carboxylic acids is 2. The van der Waals surface area contributed by atoms with Gasteiger partial charge in [0, 0.05) is 30.2 Å². The van der Waals surface area contributed by atoms with Crippen LogP contribution in [0.5, 0.6) is 0 Å². The maximum Gasteiger partial charge on any atom is 0.257 e. The molecule has 0 saturated heterocycles. The Labute approximate surface area is 165 Å². The normalized spacial score (nSPS) is 10.2. The molecular formula is C20H16ClFN4O2. The molecule has 0 spiro atoms. The first-order valence-corrected chi connectivity index (χ1v) is 8.64. The van der Waals surface area contributed by atoms with E-state index in [0.29, 0.717) is 22.6 Å². The Bertz CT molecular complexity index is 1020. The highest BCUT2D eigenvalue weighted by Gasteiger charge is 2.09. The van der Waals surface area contributed by atoms with Crippen molar-refractivity contribution in [2.45, 2.75) is 6.92 Å². The predicted octanol–water partition coefficient (Wildman–Crippen LogP) is 4.83. The monoisotopic (exact) mass is 398 g/mol. The summed E-state index contributed by atoms with van der Waals surface area (Å²) < 4.78 is 13.2. The highest BCUT2D eigenvalue weighted by atomic mass is 35.5. The standard InChI is InChI=1S/C20H16ClFN4O2/c1-12(27)24-14-2-4-15(5-3-14)25-17-8-13(10-23-11-17)20(28)26-16-6-7-19(22)18(21)9-16/h2-11,25H,1H3,(H,24,27)(H,26,28). The minimum atomic E-state index is -0.558. The van der Waals surface area contributed by atoms with E-state index in [9.17, 15) is 14.0 Å². The number of aromatic nitrogens is 1. The SMILES string of the molecule is CC(=O)Nc1ccc(Nc2cncc(C(=O)Nc3ccc(F)c(Cl)c3)c2)cc1. The zero-order valence-electron chi connectivity index (χ0n) is 14.8. The fourth-order valence-corrected chi connectivity index (χ4v) is 2.60. The van der Waals surface area contributed by atoms with E-state index in [1.807, 2.05) is 0 Å². The number of pyridine rings is 1. The Hall–Kier alpha value is -3.45. The Balaban J connectivity index is 1.70. The summed E-state index contributed by atoms with van der Waals surface area (Å²) in [6, 6.07) is 12.7. The number of benzene rings is 2. The number of anilines is 4. The lowest BCUT2D eigenvalue weighted by Crippen LogP contribution is -2.12. The highest BCUT2D eigenvalue weighted by Crippen LogP contribution is 2.22. The zero-order valence-corrected chi connectivity index (χ0v) is 15.5. The number of rotatable bonds is 5. The van der Waals surface area contributed by atoms with Gasteiger partial charge in [-0.15, -0.1) is 0 Å². The quantitative estimate of drug-likeness (QED) is 0.575. The van der Waals surface area contributed by atoms with Crippen LogP contribution < -0.4 is 16.0 Å². The first-order valence-electron chi connectivity index (χ1n) is 8.27. The first kappa shape index (κ1) is 19.3. The second-order valence-electron chi connectivity index (χ2n) is 5.93. The topological polar surface area (TPSA) is 83.1 Å². The number of hydrogen-bond donors (Lipinski definition) is 3. The summed E-state index contributed by atoms with van der Waals surface area (Å²) in [5, 5.41) is 8.39. The van der Waals surface area contributed by atoms with E-state index in [-0.39, 0.29) is 10.9 Å². The molecule has 3 rings (SSSR count). The van der Waals surface area contributed by atoms with Gasteiger partial charge in [0.25, 0.3) is 5.91 Å². The second kappa shape index (κ2) is 8.49. The van der Waals surface area contributed by atoms with E-state index >= 15 is 0 Å². The van der Waals surface area contributed by atoms with Crippen LogP contribution in [-0.4, -0.2) is 16.8 Å². The number of halogens is 2. The maximum absolute atomic E-state index is 13.2. The molecule has 0 aliphatic rings. The van der Waals surface area contributed by atoms with Gasteiger partial charge in [-0.05, 0) is 48.5 Å². The number of carbonyl (C=O) groups is 2. The van der Waals surface area contributed by atoms with Gasteiger partial charge in [0.2, 0.25) is 5.91 Å². The van der Waals surface area contributed by atoms with Crippen LogP contribution in [0.2, 0.25) is 5.02 Å². The van der Waals surface area contributed by atoms with E-state index in [1.165, 1.54) is 31.3 Å². The van der Waals surface area contributed by atoms with Gasteiger partial charge in [0.15, 0.2) is 0 Å². The van der Waals surface area contributed by atoms with Crippen molar-refractivity contribution in [2.75, 3.05) is 16.0 Å². The molecule has 1 aromatic heterocycles. The largest absolute Gasteiger partial charge is 0.354 e. The molecule has 1 heterocycles. The lowest BCUT2D eigenvalue weighted by atomic mass is 10.2. The van der Waals surface area contributed by atoms with Crippen LogP contribution >= 0.6 is 11.6 Å². The van der Waals surface area contributed by atoms with Crippen molar-refractivity contribution >= 4 is 46.2 Å². The summed E-state index contributed by atoms with van der Waals surface area (Å²) in [6.07, 6.45) is 3.00. The van der Waals surface area contributed by atoms with E-state index in [1.54, 1.807) is 36.5 Å².